The molecule has 6 heteroatoms. The summed E-state index contributed by atoms with van der Waals surface area (Å²) in [5.41, 5.74) is 3.58. The van der Waals surface area contributed by atoms with E-state index in [1.54, 1.807) is 30.3 Å². The van der Waals surface area contributed by atoms with E-state index in [1.165, 1.54) is 23.0 Å². The molecule has 0 fully saturated rings. The van der Waals surface area contributed by atoms with Gasteiger partial charge in [0.1, 0.15) is 5.82 Å². The third-order valence-electron chi connectivity index (χ3n) is 4.89. The Labute approximate surface area is 172 Å². The molecular weight excluding hydrogens is 381 g/mol. The van der Waals surface area contributed by atoms with Crippen LogP contribution in [0, 0.1) is 12.7 Å². The van der Waals surface area contributed by atoms with Crippen molar-refractivity contribution in [1.29, 1.82) is 0 Å². The molecule has 0 spiro atoms. The molecule has 0 bridgehead atoms. The fraction of sp³-hybridized carbons (Fsp3) is 0.125. The van der Waals surface area contributed by atoms with E-state index in [2.05, 4.69) is 10.3 Å². The van der Waals surface area contributed by atoms with E-state index in [4.69, 9.17) is 0 Å². The Balaban J connectivity index is 1.57. The highest BCUT2D eigenvalue weighted by molar-refractivity contribution is 5.97. The number of aryl methyl sites for hydroxylation is 1. The number of amides is 1. The van der Waals surface area contributed by atoms with E-state index in [9.17, 15) is 14.0 Å². The lowest BCUT2D eigenvalue weighted by Crippen LogP contribution is -2.24. The number of nitrogens with zero attached hydrogens (tertiary/aromatic N) is 2. The minimum absolute atomic E-state index is 0.252. The lowest BCUT2D eigenvalue weighted by atomic mass is 10.1. The number of hydrogen-bond donors (Lipinski definition) is 1. The van der Waals surface area contributed by atoms with Crippen molar-refractivity contribution in [2.24, 2.45) is 0 Å². The van der Waals surface area contributed by atoms with Gasteiger partial charge in [0.15, 0.2) is 0 Å². The van der Waals surface area contributed by atoms with Gasteiger partial charge in [0.25, 0.3) is 11.5 Å². The van der Waals surface area contributed by atoms with E-state index in [1.807, 2.05) is 31.2 Å². The molecule has 3 aromatic carbocycles. The van der Waals surface area contributed by atoms with Crippen LogP contribution in [0.3, 0.4) is 0 Å². The molecule has 0 saturated carbocycles. The number of fused-ring (bicyclic) bond motifs is 1. The summed E-state index contributed by atoms with van der Waals surface area (Å²) in [4.78, 5) is 29.8. The van der Waals surface area contributed by atoms with Gasteiger partial charge in [-0.1, -0.05) is 42.0 Å². The average molecular weight is 401 g/mol. The van der Waals surface area contributed by atoms with Crippen LogP contribution in [0.5, 0.6) is 0 Å². The van der Waals surface area contributed by atoms with Crippen molar-refractivity contribution in [2.75, 3.05) is 0 Å². The minimum atomic E-state index is -0.330. The largest absolute Gasteiger partial charge is 0.348 e. The third kappa shape index (κ3) is 4.27. The van der Waals surface area contributed by atoms with E-state index in [0.717, 1.165) is 16.7 Å². The molecule has 1 heterocycles. The zero-order valence-corrected chi connectivity index (χ0v) is 16.4. The second kappa shape index (κ2) is 8.29. The SMILES string of the molecule is Cc1cccc(CNC(=O)c2ccc3ncn(Cc4ccc(F)cc4)c(=O)c3c2)c1. The molecule has 0 saturated heterocycles. The number of aromatic nitrogens is 2. The van der Waals surface area contributed by atoms with E-state index in [-0.39, 0.29) is 23.8 Å². The fourth-order valence-corrected chi connectivity index (χ4v) is 3.31. The van der Waals surface area contributed by atoms with Gasteiger partial charge in [-0.2, -0.15) is 0 Å². The first-order chi connectivity index (χ1) is 14.5. The number of rotatable bonds is 5. The van der Waals surface area contributed by atoms with Crippen LogP contribution in [0.4, 0.5) is 4.39 Å². The highest BCUT2D eigenvalue weighted by Gasteiger charge is 2.10. The van der Waals surface area contributed by atoms with Crippen LogP contribution in [-0.2, 0) is 13.1 Å². The van der Waals surface area contributed by atoms with Gasteiger partial charge in [-0.05, 0) is 48.4 Å². The number of benzene rings is 3. The van der Waals surface area contributed by atoms with Gasteiger partial charge in [-0.25, -0.2) is 9.37 Å². The Morgan fingerprint density at radius 3 is 2.60 bits per heavy atom. The standard InChI is InChI=1S/C24H20FN3O2/c1-16-3-2-4-18(11-16)13-26-23(29)19-7-10-22-21(12-19)24(30)28(15-27-22)14-17-5-8-20(25)9-6-17/h2-12,15H,13-14H2,1H3,(H,26,29). The van der Waals surface area contributed by atoms with Gasteiger partial charge in [0, 0.05) is 12.1 Å². The summed E-state index contributed by atoms with van der Waals surface area (Å²) < 4.78 is 14.6. The van der Waals surface area contributed by atoms with Crippen LogP contribution in [0.15, 0.2) is 77.9 Å². The topological polar surface area (TPSA) is 64.0 Å². The lowest BCUT2D eigenvalue weighted by Gasteiger charge is -2.09. The van der Waals surface area contributed by atoms with Gasteiger partial charge >= 0.3 is 0 Å². The zero-order chi connectivity index (χ0) is 21.1. The van der Waals surface area contributed by atoms with Crippen molar-refractivity contribution in [3.63, 3.8) is 0 Å². The van der Waals surface area contributed by atoms with Gasteiger partial charge in [-0.3, -0.25) is 14.2 Å². The van der Waals surface area contributed by atoms with Crippen molar-refractivity contribution in [3.05, 3.63) is 111 Å². The molecule has 1 N–H and O–H groups in total. The van der Waals surface area contributed by atoms with Gasteiger partial charge in [0.2, 0.25) is 0 Å². The van der Waals surface area contributed by atoms with Crippen LogP contribution in [0.1, 0.15) is 27.0 Å². The summed E-state index contributed by atoms with van der Waals surface area (Å²) in [6.07, 6.45) is 1.46. The summed E-state index contributed by atoms with van der Waals surface area (Å²) in [5, 5.41) is 3.25. The van der Waals surface area contributed by atoms with Crippen LogP contribution in [0.25, 0.3) is 10.9 Å². The lowest BCUT2D eigenvalue weighted by molar-refractivity contribution is 0.0951. The van der Waals surface area contributed by atoms with Gasteiger partial charge in [-0.15, -0.1) is 0 Å². The van der Waals surface area contributed by atoms with E-state index < -0.39 is 0 Å². The van der Waals surface area contributed by atoms with Crippen LogP contribution in [-0.4, -0.2) is 15.5 Å². The molecule has 150 valence electrons. The molecule has 0 unspecified atom stereocenters. The molecule has 0 atom stereocenters. The maximum Gasteiger partial charge on any atom is 0.261 e. The maximum atomic E-state index is 13.1. The Bertz CT molecular complexity index is 1280. The summed E-state index contributed by atoms with van der Waals surface area (Å²) in [6.45, 7) is 2.67. The summed E-state index contributed by atoms with van der Waals surface area (Å²) in [6, 6.07) is 18.8. The van der Waals surface area contributed by atoms with Crippen molar-refractivity contribution in [3.8, 4) is 0 Å². The molecule has 0 aliphatic heterocycles. The highest BCUT2D eigenvalue weighted by atomic mass is 19.1. The summed E-state index contributed by atoms with van der Waals surface area (Å²) in [5.74, 6) is -0.587. The van der Waals surface area contributed by atoms with Gasteiger partial charge < -0.3 is 5.32 Å². The van der Waals surface area contributed by atoms with Crippen LogP contribution in [0.2, 0.25) is 0 Å². The molecule has 0 aliphatic rings. The average Bonchev–Trinajstić information content (AvgIpc) is 2.75. The van der Waals surface area contributed by atoms with Crippen LogP contribution < -0.4 is 10.9 Å². The second-order valence-corrected chi connectivity index (χ2v) is 7.21. The number of carbonyl (C=O) groups is 1. The maximum absolute atomic E-state index is 13.1. The Morgan fingerprint density at radius 1 is 1.03 bits per heavy atom. The molecular formula is C24H20FN3O2. The molecule has 5 nitrogen and oxygen atoms in total. The Morgan fingerprint density at radius 2 is 1.83 bits per heavy atom. The van der Waals surface area contributed by atoms with Crippen LogP contribution >= 0.6 is 0 Å². The minimum Gasteiger partial charge on any atom is -0.348 e. The predicted octanol–water partition coefficient (Wildman–Crippen LogP) is 3.82. The molecule has 0 radical (unpaired) electrons. The van der Waals surface area contributed by atoms with Crippen molar-refractivity contribution in [1.82, 2.24) is 14.9 Å². The normalized spacial score (nSPS) is 10.9. The predicted molar refractivity (Wildman–Crippen MR) is 114 cm³/mol. The van der Waals surface area contributed by atoms with E-state index >= 15 is 0 Å². The summed E-state index contributed by atoms with van der Waals surface area (Å²) >= 11 is 0. The summed E-state index contributed by atoms with van der Waals surface area (Å²) in [7, 11) is 0. The number of carbonyl (C=O) groups excluding carboxylic acids is 1. The van der Waals surface area contributed by atoms with Crippen molar-refractivity contribution >= 4 is 16.8 Å². The monoisotopic (exact) mass is 401 g/mol. The zero-order valence-electron chi connectivity index (χ0n) is 16.4. The molecule has 1 aromatic heterocycles. The Kier molecular flexibility index (Phi) is 5.39. The first-order valence-electron chi connectivity index (χ1n) is 9.57. The molecule has 4 rings (SSSR count). The quantitative estimate of drug-likeness (QED) is 0.553. The third-order valence-corrected chi connectivity index (χ3v) is 4.89. The first-order valence-corrected chi connectivity index (χ1v) is 9.57. The van der Waals surface area contributed by atoms with Crippen molar-refractivity contribution in [2.45, 2.75) is 20.0 Å². The fourth-order valence-electron chi connectivity index (χ4n) is 3.31. The molecule has 0 aliphatic carbocycles. The smallest absolute Gasteiger partial charge is 0.261 e. The van der Waals surface area contributed by atoms with Crippen molar-refractivity contribution < 1.29 is 9.18 Å². The molecule has 4 aromatic rings. The number of halogens is 1. The number of nitrogens with one attached hydrogen (secondary N) is 1. The molecule has 1 amide bonds. The molecule has 30 heavy (non-hydrogen) atoms. The first kappa shape index (κ1) is 19.5. The van der Waals surface area contributed by atoms with Gasteiger partial charge in [0.05, 0.1) is 23.8 Å². The number of hydrogen-bond acceptors (Lipinski definition) is 3. The van der Waals surface area contributed by atoms with E-state index in [0.29, 0.717) is 23.0 Å². The second-order valence-electron chi connectivity index (χ2n) is 7.21. The highest BCUT2D eigenvalue weighted by Crippen LogP contribution is 2.12. The Hall–Kier alpha value is -3.80.